The van der Waals surface area contributed by atoms with Crippen molar-refractivity contribution in [2.24, 2.45) is 0 Å². The third kappa shape index (κ3) is 6.81. The maximum absolute atomic E-state index is 13.3. The van der Waals surface area contributed by atoms with Gasteiger partial charge in [-0.3, -0.25) is 19.9 Å². The average molecular weight is 525 g/mol. The van der Waals surface area contributed by atoms with Gasteiger partial charge < -0.3 is 9.47 Å². The van der Waals surface area contributed by atoms with Crippen LogP contribution in [-0.2, 0) is 33.9 Å². The van der Waals surface area contributed by atoms with E-state index < -0.39 is 40.1 Å². The molecule has 1 amide bonds. The predicted octanol–water partition coefficient (Wildman–Crippen LogP) is 0.728. The van der Waals surface area contributed by atoms with E-state index in [-0.39, 0.29) is 17.3 Å². The fourth-order valence-corrected chi connectivity index (χ4v) is 5.69. The number of nitrogens with zero attached hydrogens (tertiary/aromatic N) is 2. The van der Waals surface area contributed by atoms with Crippen LogP contribution in [0.1, 0.15) is 44.1 Å². The molecule has 0 aliphatic carbocycles. The van der Waals surface area contributed by atoms with E-state index in [1.165, 1.54) is 19.2 Å². The lowest BCUT2D eigenvalue weighted by atomic mass is 10.0. The number of fused-ring (bicyclic) bond motifs is 1. The van der Waals surface area contributed by atoms with E-state index in [1.54, 1.807) is 24.3 Å². The topological polar surface area (TPSA) is 134 Å². The normalized spacial score (nSPS) is 21.5. The molecule has 2 aliphatic rings. The van der Waals surface area contributed by atoms with E-state index in [2.05, 4.69) is 10.0 Å². The minimum absolute atomic E-state index is 0.204. The van der Waals surface area contributed by atoms with E-state index >= 15 is 0 Å². The van der Waals surface area contributed by atoms with Crippen molar-refractivity contribution in [1.82, 2.24) is 20.1 Å². The first-order valence-corrected chi connectivity index (χ1v) is 13.7. The lowest BCUT2D eigenvalue weighted by molar-refractivity contribution is -0.184. The minimum atomic E-state index is -3.60. The molecule has 2 saturated heterocycles. The van der Waals surface area contributed by atoms with Crippen LogP contribution in [0.4, 0.5) is 0 Å². The molecule has 0 saturated carbocycles. The van der Waals surface area contributed by atoms with Crippen LogP contribution in [0.2, 0.25) is 0 Å². The zero-order valence-corrected chi connectivity index (χ0v) is 21.9. The molecular weight excluding hydrogens is 488 g/mol. The maximum Gasteiger partial charge on any atom is 0.330 e. The predicted molar refractivity (Wildman–Crippen MR) is 131 cm³/mol. The molecule has 0 aromatic heterocycles. The van der Waals surface area contributed by atoms with Crippen molar-refractivity contribution in [1.29, 1.82) is 0 Å². The van der Waals surface area contributed by atoms with Gasteiger partial charge in [-0.25, -0.2) is 22.9 Å². The van der Waals surface area contributed by atoms with Gasteiger partial charge in [0.15, 0.2) is 0 Å². The molecule has 3 atom stereocenters. The molecule has 3 rings (SSSR count). The second-order valence-electron chi connectivity index (χ2n) is 9.11. The summed E-state index contributed by atoms with van der Waals surface area (Å²) < 4.78 is 37.3. The summed E-state index contributed by atoms with van der Waals surface area (Å²) in [6.45, 7) is 3.36. The Morgan fingerprint density at radius 2 is 1.81 bits per heavy atom. The van der Waals surface area contributed by atoms with Crippen molar-refractivity contribution < 1.29 is 32.3 Å². The monoisotopic (exact) mass is 524 g/mol. The largest absolute Gasteiger partial charge is 0.468 e. The lowest BCUT2D eigenvalue weighted by Crippen LogP contribution is -2.67. The zero-order chi connectivity index (χ0) is 26.3. The molecule has 0 spiro atoms. The highest BCUT2D eigenvalue weighted by molar-refractivity contribution is 7.89. The lowest BCUT2D eigenvalue weighted by Gasteiger charge is -2.48. The summed E-state index contributed by atoms with van der Waals surface area (Å²) in [5.74, 6) is -1.21. The zero-order valence-electron chi connectivity index (χ0n) is 21.1. The smallest absolute Gasteiger partial charge is 0.330 e. The molecule has 3 unspecified atom stereocenters. The van der Waals surface area contributed by atoms with Gasteiger partial charge in [0.2, 0.25) is 10.0 Å². The van der Waals surface area contributed by atoms with Gasteiger partial charge in [-0.05, 0) is 57.6 Å². The Labute approximate surface area is 212 Å². The highest BCUT2D eigenvalue weighted by Gasteiger charge is 2.44. The Bertz CT molecular complexity index is 1030. The second kappa shape index (κ2) is 12.6. The molecule has 1 aromatic carbocycles. The number of unbranched alkanes of at least 4 members (excludes halogenated alkanes) is 1. The van der Waals surface area contributed by atoms with Crippen LogP contribution in [-0.4, -0.2) is 88.3 Å². The first-order chi connectivity index (χ1) is 17.2. The first kappa shape index (κ1) is 28.0. The highest BCUT2D eigenvalue weighted by Crippen LogP contribution is 2.25. The van der Waals surface area contributed by atoms with Crippen molar-refractivity contribution in [3.05, 3.63) is 29.8 Å². The summed E-state index contributed by atoms with van der Waals surface area (Å²) in [5.41, 5.74) is 0.973. The number of carbonyl (C=O) groups is 3. The summed E-state index contributed by atoms with van der Waals surface area (Å²) >= 11 is 0. The van der Waals surface area contributed by atoms with Crippen LogP contribution in [0, 0.1) is 6.92 Å². The SMILES string of the molecule is COC(=O)C(CCCCNS(=O)(=O)c1ccc(C)cc1)NC1CCN2CCCC(C(=O)OC)N2C1=O. The van der Waals surface area contributed by atoms with Crippen LogP contribution >= 0.6 is 0 Å². The Hall–Kier alpha value is -2.54. The van der Waals surface area contributed by atoms with Crippen LogP contribution in [0.3, 0.4) is 0 Å². The molecule has 2 fully saturated rings. The number of benzene rings is 1. The van der Waals surface area contributed by atoms with Crippen LogP contribution in [0.5, 0.6) is 0 Å². The van der Waals surface area contributed by atoms with Gasteiger partial charge in [0.25, 0.3) is 5.91 Å². The molecule has 0 bridgehead atoms. The quantitative estimate of drug-likeness (QED) is 0.317. The third-order valence-electron chi connectivity index (χ3n) is 6.60. The number of nitrogens with one attached hydrogen (secondary N) is 2. The minimum Gasteiger partial charge on any atom is -0.468 e. The number of carbonyl (C=O) groups excluding carboxylic acids is 3. The number of aryl methyl sites for hydroxylation is 1. The van der Waals surface area contributed by atoms with Crippen molar-refractivity contribution in [2.75, 3.05) is 33.9 Å². The Kier molecular flexibility index (Phi) is 9.83. The fraction of sp³-hybridized carbons (Fsp3) is 0.625. The molecule has 200 valence electrons. The van der Waals surface area contributed by atoms with Crippen LogP contribution in [0.25, 0.3) is 0 Å². The number of sulfonamides is 1. The van der Waals surface area contributed by atoms with Crippen LogP contribution < -0.4 is 10.0 Å². The highest BCUT2D eigenvalue weighted by atomic mass is 32.2. The summed E-state index contributed by atoms with van der Waals surface area (Å²) in [5, 5.41) is 6.47. The van der Waals surface area contributed by atoms with Gasteiger partial charge in [0.05, 0.1) is 25.2 Å². The molecule has 12 heteroatoms. The van der Waals surface area contributed by atoms with Crippen molar-refractivity contribution in [3.8, 4) is 0 Å². The second-order valence-corrected chi connectivity index (χ2v) is 10.9. The van der Waals surface area contributed by atoms with E-state index in [0.717, 1.165) is 12.0 Å². The van der Waals surface area contributed by atoms with Crippen LogP contribution in [0.15, 0.2) is 29.2 Å². The number of hydrogen-bond donors (Lipinski definition) is 2. The summed E-state index contributed by atoms with van der Waals surface area (Å²) in [7, 11) is -1.01. The van der Waals surface area contributed by atoms with Gasteiger partial charge in [-0.1, -0.05) is 17.7 Å². The molecule has 2 heterocycles. The third-order valence-corrected chi connectivity index (χ3v) is 8.07. The Balaban J connectivity index is 1.54. The van der Waals surface area contributed by atoms with Crippen molar-refractivity contribution in [3.63, 3.8) is 0 Å². The van der Waals surface area contributed by atoms with Gasteiger partial charge in [0, 0.05) is 19.6 Å². The number of esters is 2. The average Bonchev–Trinajstić information content (AvgIpc) is 2.88. The van der Waals surface area contributed by atoms with Gasteiger partial charge >= 0.3 is 11.9 Å². The van der Waals surface area contributed by atoms with E-state index in [9.17, 15) is 22.8 Å². The summed E-state index contributed by atoms with van der Waals surface area (Å²) in [4.78, 5) is 38.1. The molecule has 11 nitrogen and oxygen atoms in total. The number of rotatable bonds is 11. The maximum atomic E-state index is 13.3. The number of amides is 1. The summed E-state index contributed by atoms with van der Waals surface area (Å²) in [6, 6.07) is 4.56. The van der Waals surface area contributed by atoms with E-state index in [4.69, 9.17) is 9.47 Å². The number of hydrazine groups is 1. The Morgan fingerprint density at radius 1 is 1.08 bits per heavy atom. The van der Waals surface area contributed by atoms with Gasteiger partial charge in [-0.15, -0.1) is 0 Å². The Morgan fingerprint density at radius 3 is 2.47 bits per heavy atom. The molecule has 1 aromatic rings. The fourth-order valence-electron chi connectivity index (χ4n) is 4.61. The molecule has 2 N–H and O–H groups in total. The summed E-state index contributed by atoms with van der Waals surface area (Å²) in [6.07, 6.45) is 3.22. The van der Waals surface area contributed by atoms with Gasteiger partial charge in [0.1, 0.15) is 12.1 Å². The van der Waals surface area contributed by atoms with Gasteiger partial charge in [-0.2, -0.15) is 0 Å². The number of methoxy groups -OCH3 is 2. The molecule has 2 aliphatic heterocycles. The number of ether oxygens (including phenoxy) is 2. The molecular formula is C24H36N4O7S. The standard InChI is InChI=1S/C24H36N4O7S/c1-17-9-11-18(12-10-17)36(32,33)25-14-5-4-7-20(23(30)34-2)26-19-13-16-27-15-6-8-21(24(31)35-3)28(27)22(19)29/h9-12,19-21,25-26H,4-8,13-16H2,1-3H3. The number of hydrogen-bond acceptors (Lipinski definition) is 9. The first-order valence-electron chi connectivity index (χ1n) is 12.2. The molecule has 36 heavy (non-hydrogen) atoms. The van der Waals surface area contributed by atoms with E-state index in [1.807, 2.05) is 11.9 Å². The van der Waals surface area contributed by atoms with Crippen molar-refractivity contribution in [2.45, 2.75) is 68.5 Å². The van der Waals surface area contributed by atoms with Crippen molar-refractivity contribution >= 4 is 27.9 Å². The van der Waals surface area contributed by atoms with E-state index in [0.29, 0.717) is 45.2 Å². The molecule has 0 radical (unpaired) electrons.